The van der Waals surface area contributed by atoms with Crippen LogP contribution in [0.3, 0.4) is 0 Å². The van der Waals surface area contributed by atoms with Crippen molar-refractivity contribution in [2.75, 3.05) is 11.1 Å². The lowest BCUT2D eigenvalue weighted by Crippen LogP contribution is -2.23. The van der Waals surface area contributed by atoms with Crippen LogP contribution in [0.1, 0.15) is 6.92 Å². The maximum atomic E-state index is 13.2. The van der Waals surface area contributed by atoms with Gasteiger partial charge in [-0.05, 0) is 42.8 Å². The van der Waals surface area contributed by atoms with Crippen LogP contribution >= 0.6 is 0 Å². The number of amidine groups is 1. The van der Waals surface area contributed by atoms with Crippen molar-refractivity contribution in [2.45, 2.75) is 11.8 Å². The summed E-state index contributed by atoms with van der Waals surface area (Å²) < 4.78 is 29.9. The summed E-state index contributed by atoms with van der Waals surface area (Å²) in [5, 5.41) is 3.20. The molecule has 9 nitrogen and oxygen atoms in total. The fourth-order valence-electron chi connectivity index (χ4n) is 3.53. The van der Waals surface area contributed by atoms with Gasteiger partial charge >= 0.3 is 0 Å². The van der Waals surface area contributed by atoms with Crippen molar-refractivity contribution in [3.63, 3.8) is 0 Å². The first-order valence-electron chi connectivity index (χ1n) is 9.30. The number of sulfonamides is 1. The molecule has 2 aromatic heterocycles. The van der Waals surface area contributed by atoms with Crippen molar-refractivity contribution in [2.24, 2.45) is 4.40 Å². The Morgan fingerprint density at radius 1 is 1.03 bits per heavy atom. The van der Waals surface area contributed by atoms with Crippen molar-refractivity contribution in [1.29, 1.82) is 0 Å². The molecule has 5 rings (SSSR count). The SMILES string of the molecule is CC1=NS(=O)(=O)c2cc(-c3ccc4nc(N)n(-c5ccccc5)c(=O)c4c3)cnc2N1. The van der Waals surface area contributed by atoms with Crippen molar-refractivity contribution in [1.82, 2.24) is 14.5 Å². The average Bonchev–Trinajstić information content (AvgIpc) is 2.73. The van der Waals surface area contributed by atoms with E-state index in [4.69, 9.17) is 5.73 Å². The first-order valence-corrected chi connectivity index (χ1v) is 10.7. The number of benzene rings is 2. The van der Waals surface area contributed by atoms with Gasteiger partial charge in [0.15, 0.2) is 5.82 Å². The van der Waals surface area contributed by atoms with Crippen LogP contribution in [0.15, 0.2) is 74.9 Å². The second-order valence-corrected chi connectivity index (χ2v) is 8.60. The zero-order chi connectivity index (χ0) is 21.8. The number of fused-ring (bicyclic) bond motifs is 2. The predicted molar refractivity (Wildman–Crippen MR) is 119 cm³/mol. The van der Waals surface area contributed by atoms with E-state index in [0.717, 1.165) is 0 Å². The van der Waals surface area contributed by atoms with Crippen molar-refractivity contribution >= 4 is 38.5 Å². The lowest BCUT2D eigenvalue weighted by atomic mass is 10.1. The number of hydrogen-bond acceptors (Lipinski definition) is 7. The first-order chi connectivity index (χ1) is 14.8. The third kappa shape index (κ3) is 3.13. The van der Waals surface area contributed by atoms with Crippen LogP contribution in [0.4, 0.5) is 11.8 Å². The van der Waals surface area contributed by atoms with Gasteiger partial charge < -0.3 is 11.1 Å². The molecular weight excluding hydrogens is 416 g/mol. The molecule has 0 fully saturated rings. The summed E-state index contributed by atoms with van der Waals surface area (Å²) in [6, 6.07) is 15.5. The molecule has 3 N–H and O–H groups in total. The molecule has 0 atom stereocenters. The monoisotopic (exact) mass is 432 g/mol. The third-order valence-corrected chi connectivity index (χ3v) is 6.31. The standard InChI is InChI=1S/C21H16N6O3S/c1-12-24-19-18(31(29,30)26-12)10-14(11-23-19)13-7-8-17-16(9-13)20(28)27(21(22)25-17)15-5-3-2-4-6-15/h2-11H,1H3,(H2,22,25)(H,23,24,26). The van der Waals surface area contributed by atoms with Crippen LogP contribution in [-0.2, 0) is 10.0 Å². The Morgan fingerprint density at radius 3 is 2.58 bits per heavy atom. The Labute approximate surface area is 177 Å². The predicted octanol–water partition coefficient (Wildman–Crippen LogP) is 2.56. The van der Waals surface area contributed by atoms with Gasteiger partial charge in [-0.25, -0.2) is 14.5 Å². The Kier molecular flexibility index (Phi) is 4.12. The minimum absolute atomic E-state index is 0.0205. The Hall–Kier alpha value is -4.05. The van der Waals surface area contributed by atoms with Gasteiger partial charge in [-0.15, -0.1) is 4.40 Å². The van der Waals surface area contributed by atoms with Crippen molar-refractivity contribution < 1.29 is 8.42 Å². The fourth-order valence-corrected chi connectivity index (χ4v) is 4.65. The molecule has 0 amide bonds. The molecule has 3 heterocycles. The Morgan fingerprint density at radius 2 is 1.81 bits per heavy atom. The molecule has 154 valence electrons. The van der Waals surface area contributed by atoms with E-state index in [9.17, 15) is 13.2 Å². The van der Waals surface area contributed by atoms with Crippen LogP contribution in [-0.4, -0.2) is 28.8 Å². The number of nitrogens with zero attached hydrogens (tertiary/aromatic N) is 4. The second kappa shape index (κ2) is 6.74. The normalized spacial score (nSPS) is 14.5. The quantitative estimate of drug-likeness (QED) is 0.497. The molecule has 2 aromatic carbocycles. The lowest BCUT2D eigenvalue weighted by molar-refractivity contribution is 0.597. The van der Waals surface area contributed by atoms with Gasteiger partial charge in [0, 0.05) is 11.8 Å². The number of pyridine rings is 1. The molecule has 0 saturated heterocycles. The highest BCUT2D eigenvalue weighted by atomic mass is 32.2. The highest BCUT2D eigenvalue weighted by Crippen LogP contribution is 2.31. The number of anilines is 2. The summed E-state index contributed by atoms with van der Waals surface area (Å²) >= 11 is 0. The molecule has 10 heteroatoms. The van der Waals surface area contributed by atoms with E-state index in [2.05, 4.69) is 19.7 Å². The number of rotatable bonds is 2. The van der Waals surface area contributed by atoms with Gasteiger partial charge in [0.1, 0.15) is 10.7 Å². The number of hydrogen-bond donors (Lipinski definition) is 2. The Balaban J connectivity index is 1.69. The highest BCUT2D eigenvalue weighted by Gasteiger charge is 2.25. The molecule has 1 aliphatic rings. The van der Waals surface area contributed by atoms with Crippen LogP contribution in [0, 0.1) is 0 Å². The minimum atomic E-state index is -3.85. The number of aromatic nitrogens is 3. The summed E-state index contributed by atoms with van der Waals surface area (Å²) in [6.07, 6.45) is 1.54. The number of nitrogens with two attached hydrogens (primary N) is 1. The Bertz CT molecular complexity index is 1560. The first kappa shape index (κ1) is 18.9. The van der Waals surface area contributed by atoms with E-state index in [0.29, 0.717) is 27.7 Å². The summed E-state index contributed by atoms with van der Waals surface area (Å²) in [5.74, 6) is 0.554. The van der Waals surface area contributed by atoms with Gasteiger partial charge in [-0.1, -0.05) is 24.3 Å². The van der Waals surface area contributed by atoms with Gasteiger partial charge in [0.2, 0.25) is 5.95 Å². The van der Waals surface area contributed by atoms with Crippen LogP contribution in [0.2, 0.25) is 0 Å². The van der Waals surface area contributed by atoms with Gasteiger partial charge in [0.05, 0.1) is 16.6 Å². The smallest absolute Gasteiger partial charge is 0.287 e. The maximum absolute atomic E-state index is 13.2. The summed E-state index contributed by atoms with van der Waals surface area (Å²) in [4.78, 5) is 21.8. The largest absolute Gasteiger partial charge is 0.369 e. The van der Waals surface area contributed by atoms with E-state index >= 15 is 0 Å². The summed E-state index contributed by atoms with van der Waals surface area (Å²) in [7, 11) is -3.85. The molecule has 31 heavy (non-hydrogen) atoms. The topological polar surface area (TPSA) is 132 Å². The highest BCUT2D eigenvalue weighted by molar-refractivity contribution is 7.90. The van der Waals surface area contributed by atoms with E-state index in [1.807, 2.05) is 6.07 Å². The zero-order valence-electron chi connectivity index (χ0n) is 16.3. The molecular formula is C21H16N6O3S. The number of para-hydroxylation sites is 1. The van der Waals surface area contributed by atoms with Crippen LogP contribution in [0.25, 0.3) is 27.7 Å². The fraction of sp³-hybridized carbons (Fsp3) is 0.0476. The van der Waals surface area contributed by atoms with Gasteiger partial charge in [-0.3, -0.25) is 4.79 Å². The summed E-state index contributed by atoms with van der Waals surface area (Å²) in [5.41, 5.74) is 7.91. The van der Waals surface area contributed by atoms with E-state index < -0.39 is 10.0 Å². The molecule has 0 saturated carbocycles. The van der Waals surface area contributed by atoms with Crippen LogP contribution < -0.4 is 16.6 Å². The molecule has 1 aliphatic heterocycles. The van der Waals surface area contributed by atoms with E-state index in [-0.39, 0.29) is 28.1 Å². The molecule has 4 aromatic rings. The summed E-state index contributed by atoms with van der Waals surface area (Å²) in [6.45, 7) is 1.55. The second-order valence-electron chi connectivity index (χ2n) is 7.03. The van der Waals surface area contributed by atoms with Crippen LogP contribution in [0.5, 0.6) is 0 Å². The molecule has 0 spiro atoms. The van der Waals surface area contributed by atoms with Crippen molar-refractivity contribution in [3.8, 4) is 16.8 Å². The molecule has 0 aliphatic carbocycles. The molecule has 0 bridgehead atoms. The minimum Gasteiger partial charge on any atom is -0.369 e. The number of nitrogens with one attached hydrogen (secondary N) is 1. The third-order valence-electron chi connectivity index (χ3n) is 4.93. The van der Waals surface area contributed by atoms with Crippen molar-refractivity contribution in [3.05, 3.63) is 71.1 Å². The van der Waals surface area contributed by atoms with E-state index in [1.54, 1.807) is 55.6 Å². The average molecular weight is 432 g/mol. The molecule has 0 unspecified atom stereocenters. The van der Waals surface area contributed by atoms with E-state index in [1.165, 1.54) is 10.6 Å². The zero-order valence-corrected chi connectivity index (χ0v) is 17.1. The maximum Gasteiger partial charge on any atom is 0.287 e. The lowest BCUT2D eigenvalue weighted by Gasteiger charge is -2.16. The number of nitrogen functional groups attached to an aromatic ring is 1. The van der Waals surface area contributed by atoms with Gasteiger partial charge in [-0.2, -0.15) is 8.42 Å². The van der Waals surface area contributed by atoms with Gasteiger partial charge in [0.25, 0.3) is 15.6 Å². The molecule has 0 radical (unpaired) electrons.